The lowest BCUT2D eigenvalue weighted by Gasteiger charge is -2.15. The van der Waals surface area contributed by atoms with Gasteiger partial charge in [0.1, 0.15) is 11.6 Å². The number of carbonyl (C=O) groups is 1. The smallest absolute Gasteiger partial charge is 0.331 e. The summed E-state index contributed by atoms with van der Waals surface area (Å²) in [4.78, 5) is 12.0. The standard InChI is InChI=1S/C13H12N4O2S/c1-7-8(2)16-17-12(9(7)6-14)15-11(13(18)19)10-4-3-5-20-10/h3-5,11H,1-2H3,(H,15,17)(H,18,19). The van der Waals surface area contributed by atoms with Crippen LogP contribution in [-0.4, -0.2) is 21.3 Å². The van der Waals surface area contributed by atoms with Crippen LogP contribution in [0.5, 0.6) is 0 Å². The molecule has 0 bridgehead atoms. The van der Waals surface area contributed by atoms with Crippen LogP contribution in [0.3, 0.4) is 0 Å². The fourth-order valence-corrected chi connectivity index (χ4v) is 2.46. The van der Waals surface area contributed by atoms with Crippen molar-refractivity contribution in [1.29, 1.82) is 5.26 Å². The van der Waals surface area contributed by atoms with Gasteiger partial charge in [0.15, 0.2) is 11.9 Å². The predicted octanol–water partition coefficient (Wildman–Crippen LogP) is 2.26. The van der Waals surface area contributed by atoms with Gasteiger partial charge in [0.25, 0.3) is 0 Å². The zero-order valence-electron chi connectivity index (χ0n) is 10.9. The second kappa shape index (κ2) is 5.67. The van der Waals surface area contributed by atoms with E-state index in [0.717, 1.165) is 0 Å². The van der Waals surface area contributed by atoms with E-state index in [4.69, 9.17) is 0 Å². The summed E-state index contributed by atoms with van der Waals surface area (Å²) in [7, 11) is 0. The second-order valence-electron chi connectivity index (χ2n) is 4.18. The summed E-state index contributed by atoms with van der Waals surface area (Å²) in [5.74, 6) is -0.840. The van der Waals surface area contributed by atoms with Gasteiger partial charge in [0.05, 0.1) is 5.69 Å². The normalized spacial score (nSPS) is 11.7. The summed E-state index contributed by atoms with van der Waals surface area (Å²) in [6.07, 6.45) is 0. The molecule has 0 aliphatic rings. The van der Waals surface area contributed by atoms with Crippen LogP contribution in [-0.2, 0) is 4.79 Å². The molecule has 7 heteroatoms. The number of aliphatic carboxylic acids is 1. The van der Waals surface area contributed by atoms with Gasteiger partial charge >= 0.3 is 5.97 Å². The van der Waals surface area contributed by atoms with Crippen LogP contribution in [0.15, 0.2) is 17.5 Å². The molecule has 1 unspecified atom stereocenters. The number of carboxylic acid groups (broad SMARTS) is 1. The van der Waals surface area contributed by atoms with Crippen molar-refractivity contribution in [2.24, 2.45) is 0 Å². The first kappa shape index (κ1) is 14.0. The first-order valence-electron chi connectivity index (χ1n) is 5.81. The van der Waals surface area contributed by atoms with Crippen molar-refractivity contribution in [1.82, 2.24) is 10.2 Å². The minimum Gasteiger partial charge on any atom is -0.479 e. The molecule has 0 spiro atoms. The Morgan fingerprint density at radius 3 is 2.80 bits per heavy atom. The van der Waals surface area contributed by atoms with Crippen LogP contribution < -0.4 is 5.32 Å². The topological polar surface area (TPSA) is 98.9 Å². The monoisotopic (exact) mass is 288 g/mol. The maximum atomic E-state index is 11.4. The number of aryl methyl sites for hydroxylation is 1. The van der Waals surface area contributed by atoms with Gasteiger partial charge in [-0.3, -0.25) is 0 Å². The molecule has 2 rings (SSSR count). The van der Waals surface area contributed by atoms with Crippen molar-refractivity contribution >= 4 is 23.1 Å². The quantitative estimate of drug-likeness (QED) is 0.895. The SMILES string of the molecule is Cc1nnc(NC(C(=O)O)c2cccs2)c(C#N)c1C. The number of hydrogen-bond acceptors (Lipinski definition) is 6. The number of rotatable bonds is 4. The van der Waals surface area contributed by atoms with Gasteiger partial charge in [-0.1, -0.05) is 6.07 Å². The van der Waals surface area contributed by atoms with Crippen molar-refractivity contribution in [3.63, 3.8) is 0 Å². The third-order valence-corrected chi connectivity index (χ3v) is 3.86. The Hall–Kier alpha value is -2.46. The molecule has 0 saturated heterocycles. The minimum absolute atomic E-state index is 0.191. The van der Waals surface area contributed by atoms with Gasteiger partial charge in [-0.2, -0.15) is 10.4 Å². The third-order valence-electron chi connectivity index (χ3n) is 2.92. The number of anilines is 1. The van der Waals surface area contributed by atoms with Gasteiger partial charge in [-0.25, -0.2) is 4.79 Å². The molecule has 0 aliphatic carbocycles. The van der Waals surface area contributed by atoms with Gasteiger partial charge < -0.3 is 10.4 Å². The lowest BCUT2D eigenvalue weighted by Crippen LogP contribution is -2.21. The molecule has 0 saturated carbocycles. The molecule has 2 aromatic heterocycles. The minimum atomic E-state index is -1.03. The maximum Gasteiger partial charge on any atom is 0.331 e. The zero-order valence-corrected chi connectivity index (χ0v) is 11.7. The summed E-state index contributed by atoms with van der Waals surface area (Å²) in [5, 5.41) is 30.9. The van der Waals surface area contributed by atoms with Crippen molar-refractivity contribution < 1.29 is 9.90 Å². The van der Waals surface area contributed by atoms with Crippen LogP contribution in [0.25, 0.3) is 0 Å². The average molecular weight is 288 g/mol. The Balaban J connectivity index is 2.40. The van der Waals surface area contributed by atoms with E-state index in [9.17, 15) is 15.2 Å². The third kappa shape index (κ3) is 2.60. The highest BCUT2D eigenvalue weighted by Gasteiger charge is 2.23. The molecule has 102 valence electrons. The van der Waals surface area contributed by atoms with Crippen molar-refractivity contribution in [2.75, 3.05) is 5.32 Å². The molecule has 1 atom stereocenters. The number of nitrogens with zero attached hydrogens (tertiary/aromatic N) is 3. The van der Waals surface area contributed by atoms with E-state index >= 15 is 0 Å². The Kier molecular flexibility index (Phi) is 3.96. The van der Waals surface area contributed by atoms with E-state index in [0.29, 0.717) is 21.7 Å². The van der Waals surface area contributed by atoms with Crippen LogP contribution in [0.2, 0.25) is 0 Å². The summed E-state index contributed by atoms with van der Waals surface area (Å²) in [6, 6.07) is 4.59. The molecule has 0 amide bonds. The molecule has 2 heterocycles. The number of thiophene rings is 1. The Labute approximate surface area is 119 Å². The average Bonchev–Trinajstić information content (AvgIpc) is 2.93. The molecular weight excluding hydrogens is 276 g/mol. The number of aromatic nitrogens is 2. The summed E-state index contributed by atoms with van der Waals surface area (Å²) < 4.78 is 0. The molecule has 0 aliphatic heterocycles. The second-order valence-corrected chi connectivity index (χ2v) is 5.16. The first-order chi connectivity index (χ1) is 9.54. The van der Waals surface area contributed by atoms with Gasteiger partial charge in [-0.15, -0.1) is 16.4 Å². The maximum absolute atomic E-state index is 11.4. The fraction of sp³-hybridized carbons (Fsp3) is 0.231. The summed E-state index contributed by atoms with van der Waals surface area (Å²) >= 11 is 1.32. The van der Waals surface area contributed by atoms with Crippen LogP contribution >= 0.6 is 11.3 Å². The van der Waals surface area contributed by atoms with Crippen molar-refractivity contribution in [3.8, 4) is 6.07 Å². The molecule has 0 fully saturated rings. The molecule has 2 N–H and O–H groups in total. The lowest BCUT2D eigenvalue weighted by molar-refractivity contribution is -0.138. The van der Waals surface area contributed by atoms with Crippen LogP contribution in [0.1, 0.15) is 27.7 Å². The van der Waals surface area contributed by atoms with E-state index in [1.807, 2.05) is 6.07 Å². The van der Waals surface area contributed by atoms with Gasteiger partial charge in [0, 0.05) is 4.88 Å². The number of hydrogen-bond donors (Lipinski definition) is 2. The first-order valence-corrected chi connectivity index (χ1v) is 6.69. The molecule has 2 aromatic rings. The molecule has 0 radical (unpaired) electrons. The highest BCUT2D eigenvalue weighted by atomic mass is 32.1. The molecule has 0 aromatic carbocycles. The van der Waals surface area contributed by atoms with E-state index in [2.05, 4.69) is 15.5 Å². The molecule has 20 heavy (non-hydrogen) atoms. The largest absolute Gasteiger partial charge is 0.479 e. The fourth-order valence-electron chi connectivity index (χ4n) is 1.69. The highest BCUT2D eigenvalue weighted by Crippen LogP contribution is 2.25. The zero-order chi connectivity index (χ0) is 14.7. The summed E-state index contributed by atoms with van der Waals surface area (Å²) in [6.45, 7) is 3.51. The number of carboxylic acids is 1. The Morgan fingerprint density at radius 1 is 1.50 bits per heavy atom. The van der Waals surface area contributed by atoms with E-state index in [1.165, 1.54) is 11.3 Å². The Morgan fingerprint density at radius 2 is 2.25 bits per heavy atom. The van der Waals surface area contributed by atoms with E-state index < -0.39 is 12.0 Å². The van der Waals surface area contributed by atoms with Gasteiger partial charge in [-0.05, 0) is 30.9 Å². The Bertz CT molecular complexity index is 676. The van der Waals surface area contributed by atoms with Crippen LogP contribution in [0, 0.1) is 25.2 Å². The number of nitriles is 1. The van der Waals surface area contributed by atoms with Crippen molar-refractivity contribution in [3.05, 3.63) is 39.2 Å². The molecule has 6 nitrogen and oxygen atoms in total. The van der Waals surface area contributed by atoms with E-state index in [-0.39, 0.29) is 5.82 Å². The molecular formula is C13H12N4O2S. The predicted molar refractivity (Wildman–Crippen MR) is 74.5 cm³/mol. The van der Waals surface area contributed by atoms with Crippen molar-refractivity contribution in [2.45, 2.75) is 19.9 Å². The summed E-state index contributed by atoms with van der Waals surface area (Å²) in [5.41, 5.74) is 1.66. The highest BCUT2D eigenvalue weighted by molar-refractivity contribution is 7.10. The van der Waals surface area contributed by atoms with E-state index in [1.54, 1.807) is 31.4 Å². The van der Waals surface area contributed by atoms with Crippen LogP contribution in [0.4, 0.5) is 5.82 Å². The number of nitrogens with one attached hydrogen (secondary N) is 1. The lowest BCUT2D eigenvalue weighted by atomic mass is 10.1. The van der Waals surface area contributed by atoms with Gasteiger partial charge in [0.2, 0.25) is 0 Å².